The minimum absolute atomic E-state index is 0.275. The third kappa shape index (κ3) is 8.28. The molecule has 1 aromatic rings. The lowest BCUT2D eigenvalue weighted by molar-refractivity contribution is -0.123. The SMILES string of the molecule is C=CSC(=C)C.CC.CC1=CCN(Cc2cccc(C#N)c2)C(=O)N(C)C1=O. The molecule has 0 aromatic heterocycles. The zero-order chi connectivity index (χ0) is 21.7. The van der Waals surface area contributed by atoms with Crippen LogP contribution >= 0.6 is 11.8 Å². The summed E-state index contributed by atoms with van der Waals surface area (Å²) in [6, 6.07) is 8.85. The molecule has 1 heterocycles. The van der Waals surface area contributed by atoms with Gasteiger partial charge in [-0.3, -0.25) is 9.69 Å². The Balaban J connectivity index is 0.000000780. The molecule has 0 N–H and O–H groups in total. The number of carbonyl (C=O) groups is 2. The molecular weight excluding hydrogens is 370 g/mol. The van der Waals surface area contributed by atoms with Crippen molar-refractivity contribution in [2.45, 2.75) is 34.2 Å². The lowest BCUT2D eigenvalue weighted by atomic mass is 10.1. The molecule has 0 bridgehead atoms. The summed E-state index contributed by atoms with van der Waals surface area (Å²) in [5.74, 6) is -0.275. The van der Waals surface area contributed by atoms with Crippen molar-refractivity contribution in [3.05, 3.63) is 70.5 Å². The van der Waals surface area contributed by atoms with Gasteiger partial charge in [0.1, 0.15) is 0 Å². The van der Waals surface area contributed by atoms with E-state index in [2.05, 4.69) is 19.2 Å². The number of benzene rings is 1. The van der Waals surface area contributed by atoms with Crippen molar-refractivity contribution in [1.29, 1.82) is 5.26 Å². The Labute approximate surface area is 173 Å². The Morgan fingerprint density at radius 1 is 1.36 bits per heavy atom. The van der Waals surface area contributed by atoms with Gasteiger partial charge in [0.15, 0.2) is 0 Å². The molecule has 1 aromatic carbocycles. The van der Waals surface area contributed by atoms with E-state index in [1.165, 1.54) is 7.05 Å². The number of likely N-dealkylation sites (N-methyl/N-ethyl adjacent to an activating group) is 1. The van der Waals surface area contributed by atoms with Gasteiger partial charge in [-0.2, -0.15) is 5.26 Å². The van der Waals surface area contributed by atoms with Crippen LogP contribution < -0.4 is 0 Å². The summed E-state index contributed by atoms with van der Waals surface area (Å²) in [4.78, 5) is 27.8. The minimum atomic E-state index is -0.328. The molecular formula is C22H29N3O2S. The Morgan fingerprint density at radius 3 is 2.50 bits per heavy atom. The smallest absolute Gasteiger partial charge is 0.316 e. The van der Waals surface area contributed by atoms with Crippen LogP contribution in [0, 0.1) is 11.3 Å². The second-order valence-corrected chi connectivity index (χ2v) is 6.98. The van der Waals surface area contributed by atoms with E-state index in [-0.39, 0.29) is 11.9 Å². The third-order valence-corrected chi connectivity index (χ3v) is 4.10. The van der Waals surface area contributed by atoms with Gasteiger partial charge in [-0.05, 0) is 41.9 Å². The van der Waals surface area contributed by atoms with Crippen LogP contribution in [0.1, 0.15) is 38.8 Å². The number of thioether (sulfide) groups is 1. The zero-order valence-electron chi connectivity index (χ0n) is 17.4. The summed E-state index contributed by atoms with van der Waals surface area (Å²) >= 11 is 1.56. The van der Waals surface area contributed by atoms with E-state index >= 15 is 0 Å². The average Bonchev–Trinajstić information content (AvgIpc) is 2.78. The lowest BCUT2D eigenvalue weighted by Gasteiger charge is -2.24. The van der Waals surface area contributed by atoms with Gasteiger partial charge in [-0.1, -0.05) is 45.2 Å². The first-order valence-electron chi connectivity index (χ1n) is 8.96. The van der Waals surface area contributed by atoms with Crippen molar-refractivity contribution in [1.82, 2.24) is 9.80 Å². The van der Waals surface area contributed by atoms with Gasteiger partial charge >= 0.3 is 6.03 Å². The standard InChI is InChI=1S/C15H15N3O2.C5H8S.C2H6/c1-11-6-7-18(15(20)17(2)14(11)19)10-13-5-3-4-12(8-13)9-16;1-4-6-5(2)3;1-2/h3-6,8H,7,10H2,1-2H3;4H,1-2H2,3H3;1-2H3. The monoisotopic (exact) mass is 399 g/mol. The summed E-state index contributed by atoms with van der Waals surface area (Å²) in [5, 5.41) is 10.6. The molecule has 0 aliphatic carbocycles. The van der Waals surface area contributed by atoms with Gasteiger partial charge in [-0.25, -0.2) is 4.79 Å². The second-order valence-electron chi connectivity index (χ2n) is 5.71. The predicted octanol–water partition coefficient (Wildman–Crippen LogP) is 5.32. The van der Waals surface area contributed by atoms with Gasteiger partial charge in [0.2, 0.25) is 0 Å². The van der Waals surface area contributed by atoms with Crippen molar-refractivity contribution in [2.24, 2.45) is 0 Å². The molecule has 0 radical (unpaired) electrons. The van der Waals surface area contributed by atoms with Crippen molar-refractivity contribution in [2.75, 3.05) is 13.6 Å². The fourth-order valence-corrected chi connectivity index (χ4v) is 2.49. The highest BCUT2D eigenvalue weighted by atomic mass is 32.2. The topological polar surface area (TPSA) is 64.4 Å². The largest absolute Gasteiger partial charge is 0.327 e. The number of amides is 3. The van der Waals surface area contributed by atoms with Gasteiger partial charge in [0, 0.05) is 25.7 Å². The van der Waals surface area contributed by atoms with Crippen molar-refractivity contribution in [3.8, 4) is 6.07 Å². The third-order valence-electron chi connectivity index (χ3n) is 3.53. The number of urea groups is 1. The van der Waals surface area contributed by atoms with Crippen LogP contribution in [-0.2, 0) is 11.3 Å². The highest BCUT2D eigenvalue weighted by Crippen LogP contribution is 2.14. The number of imide groups is 1. The van der Waals surface area contributed by atoms with Gasteiger partial charge in [-0.15, -0.1) is 11.8 Å². The summed E-state index contributed by atoms with van der Waals surface area (Å²) in [5.41, 5.74) is 1.99. The second kappa shape index (κ2) is 13.4. The fraction of sp³-hybridized carbons (Fsp3) is 0.318. The lowest BCUT2D eigenvalue weighted by Crippen LogP contribution is -2.42. The molecule has 0 spiro atoms. The van der Waals surface area contributed by atoms with Gasteiger partial charge in [0.25, 0.3) is 5.91 Å². The van der Waals surface area contributed by atoms with Crippen molar-refractivity contribution >= 4 is 23.7 Å². The van der Waals surface area contributed by atoms with E-state index < -0.39 is 0 Å². The first kappa shape index (κ1) is 25.2. The number of hydrogen-bond acceptors (Lipinski definition) is 4. The molecule has 0 fully saturated rings. The summed E-state index contributed by atoms with van der Waals surface area (Å²) in [7, 11) is 1.48. The van der Waals surface area contributed by atoms with Crippen molar-refractivity contribution in [3.63, 3.8) is 0 Å². The summed E-state index contributed by atoms with van der Waals surface area (Å²) < 4.78 is 0. The zero-order valence-corrected chi connectivity index (χ0v) is 18.2. The van der Waals surface area contributed by atoms with Gasteiger partial charge < -0.3 is 4.90 Å². The van der Waals surface area contributed by atoms with E-state index in [9.17, 15) is 9.59 Å². The molecule has 1 aliphatic rings. The number of nitriles is 1. The summed E-state index contributed by atoms with van der Waals surface area (Å²) in [6.45, 7) is 15.5. The molecule has 6 heteroatoms. The van der Waals surface area contributed by atoms with E-state index in [1.54, 1.807) is 53.3 Å². The van der Waals surface area contributed by atoms with E-state index in [1.807, 2.05) is 26.8 Å². The van der Waals surface area contributed by atoms with Crippen molar-refractivity contribution < 1.29 is 9.59 Å². The van der Waals surface area contributed by atoms with E-state index in [4.69, 9.17) is 5.26 Å². The van der Waals surface area contributed by atoms with E-state index in [0.29, 0.717) is 24.2 Å². The maximum atomic E-state index is 12.2. The summed E-state index contributed by atoms with van der Waals surface area (Å²) in [6.07, 6.45) is 1.75. The molecule has 0 atom stereocenters. The Hall–Kier alpha value is -2.78. The maximum absolute atomic E-state index is 12.2. The Morgan fingerprint density at radius 2 is 2.00 bits per heavy atom. The number of carbonyl (C=O) groups excluding carboxylic acids is 2. The molecule has 2 rings (SSSR count). The van der Waals surface area contributed by atoms with Crippen LogP contribution in [0.3, 0.4) is 0 Å². The Kier molecular flexibility index (Phi) is 12.1. The molecule has 1 aliphatic heterocycles. The first-order valence-corrected chi connectivity index (χ1v) is 9.84. The number of rotatable bonds is 4. The van der Waals surface area contributed by atoms with Gasteiger partial charge in [0.05, 0.1) is 11.6 Å². The predicted molar refractivity (Wildman–Crippen MR) is 117 cm³/mol. The molecule has 150 valence electrons. The maximum Gasteiger partial charge on any atom is 0.327 e. The molecule has 0 saturated carbocycles. The van der Waals surface area contributed by atoms with Crippen LogP contribution in [0.15, 0.2) is 59.4 Å². The quantitative estimate of drug-likeness (QED) is 0.687. The van der Waals surface area contributed by atoms with Crippen LogP contribution in [0.2, 0.25) is 0 Å². The normalized spacial score (nSPS) is 13.1. The van der Waals surface area contributed by atoms with Crippen LogP contribution in [0.25, 0.3) is 0 Å². The van der Waals surface area contributed by atoms with Crippen LogP contribution in [0.4, 0.5) is 4.79 Å². The number of allylic oxidation sites excluding steroid dienone is 1. The highest BCUT2D eigenvalue weighted by molar-refractivity contribution is 8.05. The number of hydrogen-bond donors (Lipinski definition) is 0. The van der Waals surface area contributed by atoms with E-state index in [0.717, 1.165) is 15.4 Å². The Bertz CT molecular complexity index is 778. The average molecular weight is 400 g/mol. The molecule has 5 nitrogen and oxygen atoms in total. The van der Waals surface area contributed by atoms with Crippen LogP contribution in [0.5, 0.6) is 0 Å². The molecule has 3 amide bonds. The molecule has 28 heavy (non-hydrogen) atoms. The minimum Gasteiger partial charge on any atom is -0.316 e. The molecule has 0 saturated heterocycles. The number of nitrogens with zero attached hydrogens (tertiary/aromatic N) is 3. The highest BCUT2D eigenvalue weighted by Gasteiger charge is 2.26. The van der Waals surface area contributed by atoms with Crippen LogP contribution in [-0.4, -0.2) is 35.3 Å². The molecule has 0 unspecified atom stereocenters. The fourth-order valence-electron chi connectivity index (χ4n) is 2.21. The first-order chi connectivity index (χ1) is 13.3.